The predicted molar refractivity (Wildman–Crippen MR) is 136 cm³/mol. The van der Waals surface area contributed by atoms with Gasteiger partial charge in [0.05, 0.1) is 0 Å². The van der Waals surface area contributed by atoms with Gasteiger partial charge in [0.15, 0.2) is 0 Å². The van der Waals surface area contributed by atoms with Gasteiger partial charge in [0.1, 0.15) is 0 Å². The van der Waals surface area contributed by atoms with E-state index in [1.54, 1.807) is 37.2 Å². The van der Waals surface area contributed by atoms with Crippen LogP contribution in [0, 0.1) is 0 Å². The molecule has 202 valence electrons. The van der Waals surface area contributed by atoms with Crippen molar-refractivity contribution in [3.8, 4) is 11.1 Å². The van der Waals surface area contributed by atoms with Crippen molar-refractivity contribution < 1.29 is 35.1 Å². The number of carbonyl (C=O) groups excluding carboxylic acids is 1. The van der Waals surface area contributed by atoms with Crippen molar-refractivity contribution in [2.24, 2.45) is 7.05 Å². The Bertz CT molecular complexity index is 1160. The van der Waals surface area contributed by atoms with E-state index in [0.717, 1.165) is 68.6 Å². The first-order chi connectivity index (χ1) is 17.9. The van der Waals surface area contributed by atoms with E-state index in [2.05, 4.69) is 24.2 Å². The van der Waals surface area contributed by atoms with Gasteiger partial charge in [0, 0.05) is 0 Å². The fourth-order valence-corrected chi connectivity index (χ4v) is 8.58. The minimum atomic E-state index is -2.57. The van der Waals surface area contributed by atoms with Gasteiger partial charge in [-0.3, -0.25) is 0 Å². The standard InChI is InChI=1S/C26H35F2IN7O/c1-30-26(37)35-11-7-23(33-19-5-8-31-9-6-19)22(16-35)29-36-10-3-4-17-12-20(18-14-32-34(2)15-18)21(25(27)28)13-24(17)36/h12-15,19,25,31,33H,3-11,16H2,1-2H3,(H,30,37)/q-1. The fourth-order valence-electron chi connectivity index (χ4n) is 5.30. The summed E-state index contributed by atoms with van der Waals surface area (Å²) in [6.07, 6.45) is 5.69. The SMILES string of the molecule is CNC(=O)N1CCC(NC2CCNCC2)=C([I-]N2CCCc3cc(-c4cnn(C)c4)c(C(F)F)cc32)C1. The number of urea groups is 1. The monoisotopic (exact) mass is 626 g/mol. The molecule has 0 unspecified atom stereocenters. The number of rotatable bonds is 6. The molecule has 0 saturated carbocycles. The number of aryl methyl sites for hydroxylation is 2. The zero-order chi connectivity index (χ0) is 25.9. The maximum atomic E-state index is 14.3. The second-order valence-corrected chi connectivity index (χ2v) is 12.8. The molecule has 1 aromatic carbocycles. The normalized spacial score (nSPS) is 18.9. The van der Waals surface area contributed by atoms with Gasteiger partial charge in [0.25, 0.3) is 0 Å². The topological polar surface area (TPSA) is 77.5 Å². The van der Waals surface area contributed by atoms with Crippen molar-refractivity contribution in [1.82, 2.24) is 30.6 Å². The summed E-state index contributed by atoms with van der Waals surface area (Å²) >= 11 is -0.675. The van der Waals surface area contributed by atoms with Gasteiger partial charge >= 0.3 is 228 Å². The molecule has 4 heterocycles. The number of carbonyl (C=O) groups is 1. The molecule has 3 aliphatic heterocycles. The second-order valence-electron chi connectivity index (χ2n) is 9.82. The van der Waals surface area contributed by atoms with Crippen molar-refractivity contribution in [2.45, 2.75) is 44.6 Å². The van der Waals surface area contributed by atoms with Gasteiger partial charge in [-0.1, -0.05) is 0 Å². The average Bonchev–Trinajstić information content (AvgIpc) is 3.35. The summed E-state index contributed by atoms with van der Waals surface area (Å²) in [5.41, 5.74) is 4.64. The van der Waals surface area contributed by atoms with Crippen molar-refractivity contribution in [3.05, 3.63) is 44.9 Å². The zero-order valence-corrected chi connectivity index (χ0v) is 23.5. The van der Waals surface area contributed by atoms with E-state index in [-0.39, 0.29) is 11.6 Å². The Balaban J connectivity index is 1.46. The summed E-state index contributed by atoms with van der Waals surface area (Å²) in [6, 6.07) is 4.02. The third-order valence-electron chi connectivity index (χ3n) is 7.28. The molecule has 3 N–H and O–H groups in total. The number of benzene rings is 1. The fraction of sp³-hybridized carbons (Fsp3) is 0.538. The molecule has 1 fully saturated rings. The molecule has 0 radical (unpaired) electrons. The molecule has 8 nitrogen and oxygen atoms in total. The number of anilines is 1. The number of hydrogen-bond acceptors (Lipinski definition) is 5. The molecule has 1 saturated heterocycles. The molecule has 0 aliphatic carbocycles. The summed E-state index contributed by atoms with van der Waals surface area (Å²) in [6.45, 7) is 4.13. The number of amides is 2. The Morgan fingerprint density at radius 3 is 2.73 bits per heavy atom. The molecular weight excluding hydrogens is 591 g/mol. The van der Waals surface area contributed by atoms with Crippen LogP contribution in [0.4, 0.5) is 19.3 Å². The number of piperidine rings is 1. The van der Waals surface area contributed by atoms with Crippen LogP contribution in [0.2, 0.25) is 0 Å². The molecule has 0 atom stereocenters. The quantitative estimate of drug-likeness (QED) is 0.320. The van der Waals surface area contributed by atoms with E-state index in [9.17, 15) is 13.6 Å². The van der Waals surface area contributed by atoms with Gasteiger partial charge in [-0.15, -0.1) is 0 Å². The van der Waals surface area contributed by atoms with Crippen molar-refractivity contribution in [2.75, 3.05) is 42.9 Å². The third kappa shape index (κ3) is 5.87. The summed E-state index contributed by atoms with van der Waals surface area (Å²) in [7, 11) is 3.46. The number of hydrogen-bond donors (Lipinski definition) is 3. The van der Waals surface area contributed by atoms with Gasteiger partial charge in [-0.05, 0) is 0 Å². The molecular formula is C26H35F2IN7O-. The van der Waals surface area contributed by atoms with Crippen LogP contribution in [0.25, 0.3) is 11.1 Å². The van der Waals surface area contributed by atoms with Gasteiger partial charge in [-0.25, -0.2) is 0 Å². The number of aromatic nitrogens is 2. The number of alkyl halides is 2. The number of nitrogens with zero attached hydrogens (tertiary/aromatic N) is 4. The van der Waals surface area contributed by atoms with Crippen molar-refractivity contribution in [3.63, 3.8) is 0 Å². The van der Waals surface area contributed by atoms with Crippen LogP contribution in [0.15, 0.2) is 33.8 Å². The molecule has 1 aromatic heterocycles. The van der Waals surface area contributed by atoms with Crippen molar-refractivity contribution in [1.29, 1.82) is 0 Å². The van der Waals surface area contributed by atoms with Crippen LogP contribution in [0.5, 0.6) is 0 Å². The molecule has 37 heavy (non-hydrogen) atoms. The van der Waals surface area contributed by atoms with E-state index in [1.807, 2.05) is 11.0 Å². The van der Waals surface area contributed by atoms with Gasteiger partial charge < -0.3 is 0 Å². The Morgan fingerprint density at radius 2 is 2.03 bits per heavy atom. The van der Waals surface area contributed by atoms with Crippen molar-refractivity contribution >= 4 is 11.7 Å². The maximum absolute atomic E-state index is 14.3. The van der Waals surface area contributed by atoms with E-state index >= 15 is 0 Å². The van der Waals surface area contributed by atoms with Crippen LogP contribution in [0.3, 0.4) is 0 Å². The van der Waals surface area contributed by atoms with Crippen LogP contribution in [-0.2, 0) is 13.5 Å². The van der Waals surface area contributed by atoms with E-state index in [0.29, 0.717) is 24.7 Å². The summed E-state index contributed by atoms with van der Waals surface area (Å²) in [4.78, 5) is 14.3. The Hall–Kier alpha value is -2.41. The molecule has 11 heteroatoms. The van der Waals surface area contributed by atoms with Crippen LogP contribution >= 0.6 is 0 Å². The zero-order valence-electron chi connectivity index (χ0n) is 21.4. The number of fused-ring (bicyclic) bond motifs is 1. The molecule has 2 aromatic rings. The minimum absolute atomic E-state index is 0.0559. The summed E-state index contributed by atoms with van der Waals surface area (Å²) in [5.74, 6) is 0. The van der Waals surface area contributed by atoms with Crippen LogP contribution < -0.4 is 40.5 Å². The Morgan fingerprint density at radius 1 is 1.22 bits per heavy atom. The molecule has 0 spiro atoms. The Labute approximate surface area is 227 Å². The summed E-state index contributed by atoms with van der Waals surface area (Å²) < 4.78 is 33.8. The average molecular weight is 627 g/mol. The number of halogens is 3. The first-order valence-corrected chi connectivity index (χ1v) is 15.0. The first kappa shape index (κ1) is 26.2. The molecule has 0 bridgehead atoms. The predicted octanol–water partition coefficient (Wildman–Crippen LogP) is 0.380. The van der Waals surface area contributed by atoms with E-state index < -0.39 is 27.9 Å². The number of nitrogens with one attached hydrogen (secondary N) is 3. The first-order valence-electron chi connectivity index (χ1n) is 13.0. The Kier molecular flexibility index (Phi) is 8.18. The molecule has 5 rings (SSSR count). The van der Waals surface area contributed by atoms with Crippen LogP contribution in [0.1, 0.15) is 43.2 Å². The molecule has 3 aliphatic rings. The van der Waals surface area contributed by atoms with E-state index in [4.69, 9.17) is 0 Å². The van der Waals surface area contributed by atoms with Gasteiger partial charge in [-0.2, -0.15) is 0 Å². The van der Waals surface area contributed by atoms with Gasteiger partial charge in [0.2, 0.25) is 0 Å². The molecule has 2 amide bonds. The van der Waals surface area contributed by atoms with Crippen LogP contribution in [-0.4, -0.2) is 66.5 Å². The third-order valence-corrected chi connectivity index (χ3v) is 10.4. The van der Waals surface area contributed by atoms with E-state index in [1.165, 1.54) is 9.28 Å². The second kappa shape index (κ2) is 11.5. The summed E-state index contributed by atoms with van der Waals surface area (Å²) in [5, 5.41) is 14.2.